The predicted octanol–water partition coefficient (Wildman–Crippen LogP) is 2.01. The lowest BCUT2D eigenvalue weighted by Gasteiger charge is -2.20. The van der Waals surface area contributed by atoms with Crippen molar-refractivity contribution in [1.82, 2.24) is 4.90 Å². The largest absolute Gasteiger partial charge is 0.466 e. The summed E-state index contributed by atoms with van der Waals surface area (Å²) in [5.74, 6) is -6.69. The van der Waals surface area contributed by atoms with Gasteiger partial charge in [-0.1, -0.05) is 12.1 Å². The maximum absolute atomic E-state index is 13.5. The van der Waals surface area contributed by atoms with Crippen LogP contribution in [0.1, 0.15) is 5.56 Å². The van der Waals surface area contributed by atoms with Crippen LogP contribution in [0.2, 0.25) is 0 Å². The summed E-state index contributed by atoms with van der Waals surface area (Å²) in [5, 5.41) is 11.4. The maximum atomic E-state index is 13.5. The Morgan fingerprint density at radius 2 is 1.96 bits per heavy atom. The van der Waals surface area contributed by atoms with Gasteiger partial charge in [-0.3, -0.25) is 4.79 Å². The van der Waals surface area contributed by atoms with Crippen LogP contribution in [0.3, 0.4) is 0 Å². The molecule has 0 saturated carbocycles. The van der Waals surface area contributed by atoms with E-state index in [4.69, 9.17) is 5.11 Å². The zero-order valence-corrected chi connectivity index (χ0v) is 13.9. The van der Waals surface area contributed by atoms with Gasteiger partial charge in [0.25, 0.3) is 5.91 Å². The highest BCUT2D eigenvalue weighted by Crippen LogP contribution is 2.44. The average molecular weight is 394 g/mol. The third-order valence-corrected chi connectivity index (χ3v) is 3.80. The molecule has 6 nitrogen and oxygen atoms in total. The molecule has 0 spiro atoms. The van der Waals surface area contributed by atoms with Crippen molar-refractivity contribution in [3.8, 4) is 0 Å². The molecular formula is C16H15F5N2O4. The number of methoxy groups -OCH3 is 1. The molecule has 27 heavy (non-hydrogen) atoms. The Labute approximate surface area is 150 Å². The van der Waals surface area contributed by atoms with Gasteiger partial charge in [0.1, 0.15) is 5.70 Å². The molecule has 1 heterocycles. The maximum Gasteiger partial charge on any atom is 0.458 e. The van der Waals surface area contributed by atoms with Crippen LogP contribution in [-0.4, -0.2) is 54.9 Å². The highest BCUT2D eigenvalue weighted by atomic mass is 19.4. The van der Waals surface area contributed by atoms with E-state index >= 15 is 0 Å². The fraction of sp³-hybridized carbons (Fsp3) is 0.375. The van der Waals surface area contributed by atoms with E-state index in [2.05, 4.69) is 10.1 Å². The van der Waals surface area contributed by atoms with Gasteiger partial charge >= 0.3 is 18.1 Å². The SMILES string of the molecule is COC(=O)C1=C(Nc2cccc(C(F)(F)C(F)(F)F)c2)C(=O)N(CCO)C1. The van der Waals surface area contributed by atoms with E-state index in [-0.39, 0.29) is 36.7 Å². The summed E-state index contributed by atoms with van der Waals surface area (Å²) in [7, 11) is 1.07. The number of amides is 1. The first-order chi connectivity index (χ1) is 12.5. The molecular weight excluding hydrogens is 379 g/mol. The molecule has 0 radical (unpaired) electrons. The number of alkyl halides is 5. The number of anilines is 1. The third-order valence-electron chi connectivity index (χ3n) is 3.80. The van der Waals surface area contributed by atoms with Gasteiger partial charge in [0.05, 0.1) is 25.8 Å². The van der Waals surface area contributed by atoms with Crippen molar-refractivity contribution in [3.05, 3.63) is 41.1 Å². The molecule has 0 aromatic heterocycles. The van der Waals surface area contributed by atoms with Crippen LogP contribution in [0.5, 0.6) is 0 Å². The van der Waals surface area contributed by atoms with Crippen molar-refractivity contribution in [2.24, 2.45) is 0 Å². The average Bonchev–Trinajstić information content (AvgIpc) is 2.90. The lowest BCUT2D eigenvalue weighted by Crippen LogP contribution is -2.33. The molecule has 0 unspecified atom stereocenters. The topological polar surface area (TPSA) is 78.9 Å². The second-order valence-corrected chi connectivity index (χ2v) is 5.57. The van der Waals surface area contributed by atoms with Crippen LogP contribution >= 0.6 is 0 Å². The fourth-order valence-electron chi connectivity index (χ4n) is 2.45. The number of halogens is 5. The third kappa shape index (κ3) is 4.02. The Morgan fingerprint density at radius 1 is 1.30 bits per heavy atom. The van der Waals surface area contributed by atoms with Crippen molar-refractivity contribution >= 4 is 17.6 Å². The Morgan fingerprint density at radius 3 is 2.52 bits per heavy atom. The summed E-state index contributed by atoms with van der Waals surface area (Å²) in [4.78, 5) is 25.3. The van der Waals surface area contributed by atoms with Crippen LogP contribution < -0.4 is 5.32 Å². The lowest BCUT2D eigenvalue weighted by atomic mass is 10.1. The Hall–Kier alpha value is -2.69. The Balaban J connectivity index is 2.38. The number of carbonyl (C=O) groups is 2. The van der Waals surface area contributed by atoms with Crippen LogP contribution in [-0.2, 0) is 20.2 Å². The number of benzene rings is 1. The fourth-order valence-corrected chi connectivity index (χ4v) is 2.45. The van der Waals surface area contributed by atoms with E-state index in [0.717, 1.165) is 18.1 Å². The summed E-state index contributed by atoms with van der Waals surface area (Å²) in [5.41, 5.74) is -2.02. The number of nitrogens with one attached hydrogen (secondary N) is 1. The first-order valence-electron chi connectivity index (χ1n) is 7.56. The van der Waals surface area contributed by atoms with Crippen molar-refractivity contribution in [2.75, 3.05) is 32.1 Å². The van der Waals surface area contributed by atoms with Gasteiger partial charge in [-0.25, -0.2) is 4.79 Å². The number of β-amino-alcohol motifs (C(OH)–C–C–N with tert-alkyl or cyclic N) is 1. The molecule has 1 aliphatic heterocycles. The van der Waals surface area contributed by atoms with E-state index in [1.165, 1.54) is 6.07 Å². The minimum atomic E-state index is -5.79. The summed E-state index contributed by atoms with van der Waals surface area (Å²) < 4.78 is 69.2. The second-order valence-electron chi connectivity index (χ2n) is 5.57. The monoisotopic (exact) mass is 394 g/mol. The predicted molar refractivity (Wildman–Crippen MR) is 82.7 cm³/mol. The standard InChI is InChI=1S/C16H15F5N2O4/c1-27-14(26)11-8-23(5-6-24)13(25)12(11)22-10-4-2-3-9(7-10)15(17,18)16(19,20)21/h2-4,7,22,24H,5-6,8H2,1H3. The van der Waals surface area contributed by atoms with Gasteiger partial charge in [-0.2, -0.15) is 22.0 Å². The normalized spacial score (nSPS) is 15.4. The van der Waals surface area contributed by atoms with Crippen LogP contribution in [0.25, 0.3) is 0 Å². The molecule has 2 N–H and O–H groups in total. The summed E-state index contributed by atoms with van der Waals surface area (Å²) in [6.45, 7) is -0.690. The highest BCUT2D eigenvalue weighted by molar-refractivity contribution is 6.08. The number of nitrogens with zero attached hydrogens (tertiary/aromatic N) is 1. The van der Waals surface area contributed by atoms with Gasteiger partial charge in [-0.05, 0) is 12.1 Å². The van der Waals surface area contributed by atoms with E-state index in [1.54, 1.807) is 0 Å². The second kappa shape index (κ2) is 7.51. The van der Waals surface area contributed by atoms with Gasteiger partial charge in [0, 0.05) is 17.8 Å². The van der Waals surface area contributed by atoms with Crippen molar-refractivity contribution in [2.45, 2.75) is 12.1 Å². The van der Waals surface area contributed by atoms with E-state index < -0.39 is 29.5 Å². The Bertz CT molecular complexity index is 776. The van der Waals surface area contributed by atoms with Crippen LogP contribution in [0, 0.1) is 0 Å². The number of esters is 1. The number of aliphatic hydroxyl groups is 1. The van der Waals surface area contributed by atoms with E-state index in [0.29, 0.717) is 12.1 Å². The molecule has 1 aromatic rings. The molecule has 0 aliphatic carbocycles. The quantitative estimate of drug-likeness (QED) is 0.570. The molecule has 0 fully saturated rings. The first kappa shape index (κ1) is 20.6. The molecule has 11 heteroatoms. The van der Waals surface area contributed by atoms with E-state index in [9.17, 15) is 31.5 Å². The lowest BCUT2D eigenvalue weighted by molar-refractivity contribution is -0.289. The van der Waals surface area contributed by atoms with Gasteiger partial charge < -0.3 is 20.1 Å². The number of aliphatic hydroxyl groups excluding tert-OH is 1. The van der Waals surface area contributed by atoms with Crippen molar-refractivity contribution in [1.29, 1.82) is 0 Å². The first-order valence-corrected chi connectivity index (χ1v) is 7.56. The van der Waals surface area contributed by atoms with Crippen molar-refractivity contribution in [3.63, 3.8) is 0 Å². The summed E-state index contributed by atoms with van der Waals surface area (Å²) in [6.07, 6.45) is -5.79. The number of hydrogen-bond donors (Lipinski definition) is 2. The molecule has 148 valence electrons. The van der Waals surface area contributed by atoms with Gasteiger partial charge in [0.2, 0.25) is 0 Å². The zero-order valence-electron chi connectivity index (χ0n) is 13.9. The summed E-state index contributed by atoms with van der Waals surface area (Å²) in [6, 6.07) is 3.26. The number of carbonyl (C=O) groups excluding carboxylic acids is 2. The smallest absolute Gasteiger partial charge is 0.458 e. The molecule has 1 aliphatic rings. The van der Waals surface area contributed by atoms with E-state index in [1.807, 2.05) is 0 Å². The number of ether oxygens (including phenoxy) is 1. The van der Waals surface area contributed by atoms with Crippen LogP contribution in [0.15, 0.2) is 35.5 Å². The number of hydrogen-bond acceptors (Lipinski definition) is 5. The van der Waals surface area contributed by atoms with Gasteiger partial charge in [-0.15, -0.1) is 0 Å². The Kier molecular flexibility index (Phi) is 5.73. The molecule has 0 atom stereocenters. The molecule has 0 saturated heterocycles. The summed E-state index contributed by atoms with van der Waals surface area (Å²) >= 11 is 0. The highest BCUT2D eigenvalue weighted by Gasteiger charge is 2.58. The van der Waals surface area contributed by atoms with Crippen LogP contribution in [0.4, 0.5) is 27.6 Å². The molecule has 0 bridgehead atoms. The minimum Gasteiger partial charge on any atom is -0.466 e. The minimum absolute atomic E-state index is 0.101. The van der Waals surface area contributed by atoms with Gasteiger partial charge in [0.15, 0.2) is 0 Å². The molecule has 1 amide bonds. The molecule has 1 aromatic carbocycles. The number of rotatable bonds is 6. The van der Waals surface area contributed by atoms with Crippen molar-refractivity contribution < 1.29 is 41.4 Å². The molecule has 2 rings (SSSR count). The zero-order chi connectivity index (χ0) is 20.4.